The van der Waals surface area contributed by atoms with E-state index in [9.17, 15) is 4.79 Å². The molecule has 0 radical (unpaired) electrons. The lowest BCUT2D eigenvalue weighted by molar-refractivity contribution is -0.118. The maximum atomic E-state index is 12.4. The number of pyridine rings is 1. The lowest BCUT2D eigenvalue weighted by atomic mass is 9.99. The van der Waals surface area contributed by atoms with Gasteiger partial charge in [0.1, 0.15) is 5.82 Å². The first kappa shape index (κ1) is 19.5. The van der Waals surface area contributed by atoms with Crippen LogP contribution in [0.2, 0.25) is 0 Å². The number of anilines is 2. The van der Waals surface area contributed by atoms with Crippen LogP contribution in [-0.4, -0.2) is 57.0 Å². The van der Waals surface area contributed by atoms with Gasteiger partial charge in [-0.25, -0.2) is 24.9 Å². The summed E-state index contributed by atoms with van der Waals surface area (Å²) >= 11 is 0. The summed E-state index contributed by atoms with van der Waals surface area (Å²) in [5.41, 5.74) is 3.89. The third kappa shape index (κ3) is 3.72. The molecule has 3 aromatic heterocycles. The number of rotatable bonds is 3. The fourth-order valence-electron chi connectivity index (χ4n) is 4.21. The predicted octanol–water partition coefficient (Wildman–Crippen LogP) is 1.70. The molecule has 2 aliphatic rings. The number of nitrogens with one attached hydrogen (secondary N) is 1. The molecule has 0 spiro atoms. The minimum absolute atomic E-state index is 0.0652. The van der Waals surface area contributed by atoms with Crippen LogP contribution in [-0.2, 0) is 11.2 Å². The summed E-state index contributed by atoms with van der Waals surface area (Å²) in [4.78, 5) is 39.0. The standard InChI is InChI=1S/C22H24N8O/c1-14-10-16(30-9-7-23-13-20(30)31)11-19(27-14)29-8-4-18-17(15(29)2)12-26-22(28-18)21-24-5-3-6-25-21/h3,5-6,10-12,15,23H,4,7-9,13H2,1-2H3. The molecule has 1 amide bonds. The highest BCUT2D eigenvalue weighted by Crippen LogP contribution is 2.34. The lowest BCUT2D eigenvalue weighted by Gasteiger charge is -2.36. The SMILES string of the molecule is Cc1cc(N2CCNCC2=O)cc(N2CCc3nc(-c4ncccn4)ncc3C2C)n1. The highest BCUT2D eigenvalue weighted by Gasteiger charge is 2.28. The summed E-state index contributed by atoms with van der Waals surface area (Å²) < 4.78 is 0. The second-order valence-corrected chi connectivity index (χ2v) is 7.83. The third-order valence-corrected chi connectivity index (χ3v) is 5.79. The van der Waals surface area contributed by atoms with Gasteiger partial charge in [0.25, 0.3) is 0 Å². The molecule has 2 aliphatic heterocycles. The molecule has 5 rings (SSSR count). The Hall–Kier alpha value is -3.46. The predicted molar refractivity (Wildman–Crippen MR) is 117 cm³/mol. The van der Waals surface area contributed by atoms with Gasteiger partial charge in [-0.2, -0.15) is 0 Å². The summed E-state index contributed by atoms with van der Waals surface area (Å²) in [6.45, 7) is 6.72. The number of amides is 1. The average Bonchev–Trinajstić information content (AvgIpc) is 2.79. The number of hydrogen-bond donors (Lipinski definition) is 1. The second-order valence-electron chi connectivity index (χ2n) is 7.83. The normalized spacial score (nSPS) is 18.8. The molecule has 1 fully saturated rings. The van der Waals surface area contributed by atoms with Crippen LogP contribution in [0, 0.1) is 6.92 Å². The molecule has 0 bridgehead atoms. The largest absolute Gasteiger partial charge is 0.349 e. The molecule has 1 saturated heterocycles. The number of aromatic nitrogens is 5. The number of piperazine rings is 1. The summed E-state index contributed by atoms with van der Waals surface area (Å²) in [6.07, 6.45) is 6.04. The Balaban J connectivity index is 1.45. The maximum absolute atomic E-state index is 12.4. The Morgan fingerprint density at radius 1 is 1.06 bits per heavy atom. The van der Waals surface area contributed by atoms with Gasteiger partial charge < -0.3 is 15.1 Å². The third-order valence-electron chi connectivity index (χ3n) is 5.79. The van der Waals surface area contributed by atoms with Crippen molar-refractivity contribution >= 4 is 17.4 Å². The Morgan fingerprint density at radius 3 is 2.71 bits per heavy atom. The number of aryl methyl sites for hydroxylation is 1. The summed E-state index contributed by atoms with van der Waals surface area (Å²) in [6, 6.07) is 5.84. The topological polar surface area (TPSA) is 100 Å². The Bertz CT molecular complexity index is 1120. The van der Waals surface area contributed by atoms with Crippen LogP contribution < -0.4 is 15.1 Å². The quantitative estimate of drug-likeness (QED) is 0.689. The van der Waals surface area contributed by atoms with Crippen molar-refractivity contribution in [1.29, 1.82) is 0 Å². The van der Waals surface area contributed by atoms with E-state index < -0.39 is 0 Å². The van der Waals surface area contributed by atoms with Gasteiger partial charge in [-0.3, -0.25) is 4.79 Å². The monoisotopic (exact) mass is 416 g/mol. The maximum Gasteiger partial charge on any atom is 0.240 e. The number of nitrogens with zero attached hydrogens (tertiary/aromatic N) is 7. The van der Waals surface area contributed by atoms with Gasteiger partial charge in [-0.05, 0) is 26.0 Å². The highest BCUT2D eigenvalue weighted by molar-refractivity contribution is 5.96. The molecule has 158 valence electrons. The van der Waals surface area contributed by atoms with Gasteiger partial charge in [-0.15, -0.1) is 0 Å². The van der Waals surface area contributed by atoms with Gasteiger partial charge >= 0.3 is 0 Å². The van der Waals surface area contributed by atoms with Crippen LogP contribution in [0.25, 0.3) is 11.6 Å². The van der Waals surface area contributed by atoms with Crippen LogP contribution in [0.1, 0.15) is 29.9 Å². The first-order valence-electron chi connectivity index (χ1n) is 10.5. The second kappa shape index (κ2) is 7.99. The van der Waals surface area contributed by atoms with Gasteiger partial charge in [0, 0.05) is 67.7 Å². The van der Waals surface area contributed by atoms with Crippen LogP contribution >= 0.6 is 0 Å². The van der Waals surface area contributed by atoms with Crippen LogP contribution in [0.15, 0.2) is 36.8 Å². The van der Waals surface area contributed by atoms with Crippen molar-refractivity contribution in [3.05, 3.63) is 53.7 Å². The smallest absolute Gasteiger partial charge is 0.240 e. The van der Waals surface area contributed by atoms with E-state index in [0.717, 1.165) is 48.0 Å². The Morgan fingerprint density at radius 2 is 1.90 bits per heavy atom. The average molecular weight is 416 g/mol. The van der Waals surface area contributed by atoms with E-state index in [2.05, 4.69) is 32.1 Å². The highest BCUT2D eigenvalue weighted by atomic mass is 16.2. The zero-order valence-electron chi connectivity index (χ0n) is 17.6. The number of fused-ring (bicyclic) bond motifs is 1. The van der Waals surface area contributed by atoms with Crippen molar-refractivity contribution in [1.82, 2.24) is 30.2 Å². The zero-order valence-corrected chi connectivity index (χ0v) is 17.6. The fourth-order valence-corrected chi connectivity index (χ4v) is 4.21. The molecule has 9 nitrogen and oxygen atoms in total. The fraction of sp³-hybridized carbons (Fsp3) is 0.364. The van der Waals surface area contributed by atoms with E-state index >= 15 is 0 Å². The molecule has 31 heavy (non-hydrogen) atoms. The lowest BCUT2D eigenvalue weighted by Crippen LogP contribution is -2.48. The van der Waals surface area contributed by atoms with Gasteiger partial charge in [0.05, 0.1) is 18.3 Å². The van der Waals surface area contributed by atoms with E-state index in [1.54, 1.807) is 18.5 Å². The summed E-state index contributed by atoms with van der Waals surface area (Å²) in [7, 11) is 0. The van der Waals surface area contributed by atoms with Crippen molar-refractivity contribution in [2.24, 2.45) is 0 Å². The van der Waals surface area contributed by atoms with Crippen molar-refractivity contribution in [2.45, 2.75) is 26.3 Å². The molecule has 0 aliphatic carbocycles. The Labute approximate surface area is 180 Å². The molecular weight excluding hydrogens is 392 g/mol. The first-order chi connectivity index (χ1) is 15.1. The molecule has 5 heterocycles. The van der Waals surface area contributed by atoms with Gasteiger partial charge in [0.15, 0.2) is 11.6 Å². The molecule has 1 atom stereocenters. The van der Waals surface area contributed by atoms with Crippen molar-refractivity contribution < 1.29 is 4.79 Å². The van der Waals surface area contributed by atoms with Gasteiger partial charge in [-0.1, -0.05) is 0 Å². The molecule has 9 heteroatoms. The minimum Gasteiger partial charge on any atom is -0.349 e. The van der Waals surface area contributed by atoms with Crippen LogP contribution in [0.5, 0.6) is 0 Å². The summed E-state index contributed by atoms with van der Waals surface area (Å²) in [5, 5.41) is 3.12. The molecular formula is C22H24N8O. The number of hydrogen-bond acceptors (Lipinski definition) is 8. The van der Waals surface area contributed by atoms with Crippen LogP contribution in [0.4, 0.5) is 11.5 Å². The van der Waals surface area contributed by atoms with Gasteiger partial charge in [0.2, 0.25) is 5.91 Å². The van der Waals surface area contributed by atoms with Crippen molar-refractivity contribution in [3.63, 3.8) is 0 Å². The molecule has 0 saturated carbocycles. The minimum atomic E-state index is 0.0652. The van der Waals surface area contributed by atoms with E-state index in [0.29, 0.717) is 24.7 Å². The first-order valence-corrected chi connectivity index (χ1v) is 10.5. The van der Waals surface area contributed by atoms with Crippen LogP contribution in [0.3, 0.4) is 0 Å². The molecule has 0 aromatic carbocycles. The zero-order chi connectivity index (χ0) is 21.4. The molecule has 3 aromatic rings. The number of carbonyl (C=O) groups excluding carboxylic acids is 1. The number of carbonyl (C=O) groups is 1. The Kier molecular flexibility index (Phi) is 5.03. The van der Waals surface area contributed by atoms with E-state index in [4.69, 9.17) is 9.97 Å². The van der Waals surface area contributed by atoms with Crippen molar-refractivity contribution in [3.8, 4) is 11.6 Å². The summed E-state index contributed by atoms with van der Waals surface area (Å²) in [5.74, 6) is 2.04. The molecule has 1 N–H and O–H groups in total. The molecule has 1 unspecified atom stereocenters. The van der Waals surface area contributed by atoms with Crippen molar-refractivity contribution in [2.75, 3.05) is 36.0 Å². The van der Waals surface area contributed by atoms with E-state index in [1.165, 1.54) is 0 Å². The van der Waals surface area contributed by atoms with E-state index in [-0.39, 0.29) is 11.9 Å². The van der Waals surface area contributed by atoms with E-state index in [1.807, 2.05) is 30.2 Å².